The van der Waals surface area contributed by atoms with Gasteiger partial charge in [-0.15, -0.1) is 0 Å². The average Bonchev–Trinajstić information content (AvgIpc) is 2.90. The van der Waals surface area contributed by atoms with Gasteiger partial charge in [0.15, 0.2) is 0 Å². The second kappa shape index (κ2) is 7.92. The number of amides is 1. The molecule has 1 aliphatic carbocycles. The Morgan fingerprint density at radius 2 is 1.85 bits per heavy atom. The van der Waals surface area contributed by atoms with Crippen molar-refractivity contribution in [2.45, 2.75) is 63.9 Å². The Labute approximate surface area is 147 Å². The smallest absolute Gasteiger partial charge is 0.414 e. The minimum atomic E-state index is -4.88. The Morgan fingerprint density at radius 1 is 1.15 bits per heavy atom. The maximum absolute atomic E-state index is 13.0. The molecule has 2 atom stereocenters. The van der Waals surface area contributed by atoms with Crippen LogP contribution in [-0.2, 0) is 4.74 Å². The lowest BCUT2D eigenvalue weighted by Crippen LogP contribution is -2.32. The lowest BCUT2D eigenvalue weighted by molar-refractivity contribution is -0.166. The summed E-state index contributed by atoms with van der Waals surface area (Å²) in [6.07, 6.45) is -6.73. The van der Waals surface area contributed by atoms with Gasteiger partial charge in [-0.1, -0.05) is 26.2 Å². The molecule has 0 aromatic carbocycles. The molecule has 0 radical (unpaired) electrons. The third-order valence-electron chi connectivity index (χ3n) is 4.48. The normalized spacial score (nSPS) is 24.4. The summed E-state index contributed by atoms with van der Waals surface area (Å²) in [5.74, 6) is -2.28. The fourth-order valence-electron chi connectivity index (χ4n) is 3.04. The van der Waals surface area contributed by atoms with Gasteiger partial charge in [0.1, 0.15) is 6.10 Å². The largest absolute Gasteiger partial charge is 0.444 e. The van der Waals surface area contributed by atoms with E-state index in [1.165, 1.54) is 0 Å². The number of allylic oxidation sites excluding steroid dienone is 3. The standard InChI is InChI=1S/C17H21F6NO2/c1-2-3-4-5-6-14-10-24(15(25)26-14)13-8-11(16(18,19)20)7-12(9-13)17(21,22)23/h8-9,11,14H,2-7,10H2,1H3. The average molecular weight is 385 g/mol. The number of halogens is 6. The zero-order valence-corrected chi connectivity index (χ0v) is 14.3. The van der Waals surface area contributed by atoms with E-state index < -0.39 is 48.2 Å². The summed E-state index contributed by atoms with van der Waals surface area (Å²) in [5.41, 5.74) is -1.69. The van der Waals surface area contributed by atoms with Gasteiger partial charge in [0.25, 0.3) is 0 Å². The number of alkyl halides is 6. The van der Waals surface area contributed by atoms with E-state index in [-0.39, 0.29) is 6.54 Å². The van der Waals surface area contributed by atoms with Gasteiger partial charge in [-0.3, -0.25) is 4.90 Å². The molecule has 0 N–H and O–H groups in total. The molecule has 0 bridgehead atoms. The van der Waals surface area contributed by atoms with Crippen molar-refractivity contribution in [1.82, 2.24) is 4.90 Å². The zero-order valence-electron chi connectivity index (χ0n) is 14.3. The number of hydrogen-bond donors (Lipinski definition) is 0. The van der Waals surface area contributed by atoms with E-state index in [1.807, 2.05) is 6.92 Å². The molecule has 0 saturated carbocycles. The number of nitrogens with zero attached hydrogens (tertiary/aromatic N) is 1. The first kappa shape index (κ1) is 20.6. The Hall–Kier alpha value is -1.67. The molecule has 2 aliphatic rings. The van der Waals surface area contributed by atoms with Crippen LogP contribution in [0.1, 0.15) is 45.4 Å². The van der Waals surface area contributed by atoms with Crippen molar-refractivity contribution in [3.05, 3.63) is 23.4 Å². The molecule has 0 aromatic heterocycles. The van der Waals surface area contributed by atoms with Crippen LogP contribution < -0.4 is 0 Å². The van der Waals surface area contributed by atoms with Gasteiger partial charge in [0, 0.05) is 11.3 Å². The van der Waals surface area contributed by atoms with Crippen LogP contribution in [0.2, 0.25) is 0 Å². The van der Waals surface area contributed by atoms with Crippen molar-refractivity contribution >= 4 is 6.09 Å². The van der Waals surface area contributed by atoms with E-state index >= 15 is 0 Å². The molecule has 148 valence electrons. The molecule has 1 heterocycles. The Morgan fingerprint density at radius 3 is 2.42 bits per heavy atom. The van der Waals surface area contributed by atoms with Gasteiger partial charge in [0.05, 0.1) is 12.5 Å². The number of carbonyl (C=O) groups excluding carboxylic acids is 1. The summed E-state index contributed by atoms with van der Waals surface area (Å²) in [7, 11) is 0. The van der Waals surface area contributed by atoms with E-state index in [2.05, 4.69) is 0 Å². The zero-order chi connectivity index (χ0) is 19.5. The molecule has 1 fully saturated rings. The summed E-state index contributed by atoms with van der Waals surface area (Å²) in [4.78, 5) is 12.8. The molecule has 26 heavy (non-hydrogen) atoms. The van der Waals surface area contributed by atoms with Crippen molar-refractivity contribution in [1.29, 1.82) is 0 Å². The van der Waals surface area contributed by atoms with E-state index in [4.69, 9.17) is 4.74 Å². The molecular formula is C17H21F6NO2. The fourth-order valence-corrected chi connectivity index (χ4v) is 3.04. The first-order valence-electron chi connectivity index (χ1n) is 8.56. The lowest BCUT2D eigenvalue weighted by atomic mass is 9.91. The number of ether oxygens (including phenoxy) is 1. The first-order chi connectivity index (χ1) is 12.0. The second-order valence-electron chi connectivity index (χ2n) is 6.58. The monoisotopic (exact) mass is 385 g/mol. The van der Waals surface area contributed by atoms with Crippen molar-refractivity contribution in [2.24, 2.45) is 5.92 Å². The summed E-state index contributed by atoms with van der Waals surface area (Å²) in [5, 5.41) is 0. The summed E-state index contributed by atoms with van der Waals surface area (Å²) < 4.78 is 83.0. The highest BCUT2D eigenvalue weighted by atomic mass is 19.4. The van der Waals surface area contributed by atoms with E-state index in [0.29, 0.717) is 18.6 Å². The molecule has 1 aliphatic heterocycles. The minimum absolute atomic E-state index is 0.0387. The first-order valence-corrected chi connectivity index (χ1v) is 8.56. The molecular weight excluding hydrogens is 364 g/mol. The number of unbranched alkanes of at least 4 members (excludes halogenated alkanes) is 3. The van der Waals surface area contributed by atoms with Crippen LogP contribution in [0.4, 0.5) is 31.1 Å². The van der Waals surface area contributed by atoms with Gasteiger partial charge < -0.3 is 4.74 Å². The van der Waals surface area contributed by atoms with Crippen LogP contribution in [-0.4, -0.2) is 36.0 Å². The van der Waals surface area contributed by atoms with Gasteiger partial charge in [0.2, 0.25) is 0 Å². The van der Waals surface area contributed by atoms with Crippen LogP contribution in [0.5, 0.6) is 0 Å². The van der Waals surface area contributed by atoms with Crippen molar-refractivity contribution < 1.29 is 35.9 Å². The maximum atomic E-state index is 13.0. The van der Waals surface area contributed by atoms with Gasteiger partial charge in [-0.25, -0.2) is 4.79 Å². The Balaban J connectivity index is 2.14. The summed E-state index contributed by atoms with van der Waals surface area (Å²) in [6.45, 7) is 2.00. The number of hydrogen-bond acceptors (Lipinski definition) is 2. The second-order valence-corrected chi connectivity index (χ2v) is 6.58. The minimum Gasteiger partial charge on any atom is -0.444 e. The van der Waals surface area contributed by atoms with Crippen LogP contribution in [0.15, 0.2) is 23.4 Å². The van der Waals surface area contributed by atoms with Crippen molar-refractivity contribution in [3.8, 4) is 0 Å². The SMILES string of the molecule is CCCCCCC1CN(C2=CC(C(F)(F)F)CC(C(F)(F)F)=C2)C(=O)O1. The summed E-state index contributed by atoms with van der Waals surface area (Å²) >= 11 is 0. The van der Waals surface area contributed by atoms with E-state index in [0.717, 1.165) is 30.6 Å². The summed E-state index contributed by atoms with van der Waals surface area (Å²) in [6, 6.07) is 0. The Bertz CT molecular complexity index is 579. The molecule has 2 rings (SSSR count). The van der Waals surface area contributed by atoms with Crippen LogP contribution in [0.25, 0.3) is 0 Å². The third kappa shape index (κ3) is 5.17. The van der Waals surface area contributed by atoms with Gasteiger partial charge in [-0.05, 0) is 31.4 Å². The molecule has 0 spiro atoms. The van der Waals surface area contributed by atoms with Crippen LogP contribution in [0.3, 0.4) is 0 Å². The fraction of sp³-hybridized carbons (Fsp3) is 0.706. The molecule has 1 amide bonds. The predicted molar refractivity (Wildman–Crippen MR) is 82.1 cm³/mol. The maximum Gasteiger partial charge on any atom is 0.414 e. The number of carbonyl (C=O) groups is 1. The van der Waals surface area contributed by atoms with Crippen molar-refractivity contribution in [3.63, 3.8) is 0 Å². The molecule has 3 nitrogen and oxygen atoms in total. The topological polar surface area (TPSA) is 29.5 Å². The van der Waals surface area contributed by atoms with Gasteiger partial charge >= 0.3 is 18.4 Å². The highest BCUT2D eigenvalue weighted by molar-refractivity contribution is 5.73. The number of rotatable bonds is 6. The van der Waals surface area contributed by atoms with Crippen LogP contribution in [0, 0.1) is 5.92 Å². The predicted octanol–water partition coefficient (Wildman–Crippen LogP) is 5.73. The van der Waals surface area contributed by atoms with E-state index in [9.17, 15) is 31.1 Å². The van der Waals surface area contributed by atoms with E-state index in [1.54, 1.807) is 0 Å². The highest BCUT2D eigenvalue weighted by Crippen LogP contribution is 2.42. The Kier molecular flexibility index (Phi) is 6.29. The third-order valence-corrected chi connectivity index (χ3v) is 4.48. The molecule has 0 aromatic rings. The highest BCUT2D eigenvalue weighted by Gasteiger charge is 2.47. The quantitative estimate of drug-likeness (QED) is 0.432. The molecule has 1 saturated heterocycles. The van der Waals surface area contributed by atoms with Gasteiger partial charge in [-0.2, -0.15) is 26.3 Å². The number of cyclic esters (lactones) is 1. The van der Waals surface area contributed by atoms with Crippen molar-refractivity contribution in [2.75, 3.05) is 6.54 Å². The molecule has 2 unspecified atom stereocenters. The lowest BCUT2D eigenvalue weighted by Gasteiger charge is -2.27. The van der Waals surface area contributed by atoms with Crippen LogP contribution >= 0.6 is 0 Å². The molecule has 9 heteroatoms.